The molecule has 2 N–H and O–H groups in total. The molecule has 0 radical (unpaired) electrons. The second-order valence-corrected chi connectivity index (χ2v) is 5.62. The predicted octanol–water partition coefficient (Wildman–Crippen LogP) is 5.19. The van der Waals surface area contributed by atoms with E-state index in [1.165, 1.54) is 0 Å². The van der Waals surface area contributed by atoms with Gasteiger partial charge in [0.1, 0.15) is 11.5 Å². The Kier molecular flexibility index (Phi) is 11.8. The molecule has 0 saturated heterocycles. The van der Waals surface area contributed by atoms with Crippen molar-refractivity contribution in [3.63, 3.8) is 0 Å². The van der Waals surface area contributed by atoms with Crippen LogP contribution < -0.4 is 10.6 Å². The number of hydrogen-bond acceptors (Lipinski definition) is 3. The lowest BCUT2D eigenvalue weighted by Gasteiger charge is -2.04. The number of rotatable bonds is 8. The van der Waals surface area contributed by atoms with Crippen LogP contribution in [0.2, 0.25) is 10.0 Å². The molecule has 0 unspecified atom stereocenters. The lowest BCUT2D eigenvalue weighted by atomic mass is 10.2. The van der Waals surface area contributed by atoms with Gasteiger partial charge in [-0.15, -0.1) is 24.8 Å². The van der Waals surface area contributed by atoms with E-state index >= 15 is 0 Å². The third-order valence-corrected chi connectivity index (χ3v) is 3.66. The molecule has 0 amide bonds. The first kappa shape index (κ1) is 22.6. The van der Waals surface area contributed by atoms with Gasteiger partial charge in [-0.3, -0.25) is 0 Å². The fourth-order valence-corrected chi connectivity index (χ4v) is 2.54. The first-order chi connectivity index (χ1) is 10.2. The molecule has 0 atom stereocenters. The van der Waals surface area contributed by atoms with Gasteiger partial charge in [0.15, 0.2) is 0 Å². The van der Waals surface area contributed by atoms with Crippen molar-refractivity contribution >= 4 is 48.0 Å². The third-order valence-electron chi connectivity index (χ3n) is 3.11. The molecule has 1 aromatic carbocycles. The van der Waals surface area contributed by atoms with Crippen LogP contribution in [0.25, 0.3) is 11.3 Å². The summed E-state index contributed by atoms with van der Waals surface area (Å²) in [6.45, 7) is 5.85. The predicted molar refractivity (Wildman–Crippen MR) is 104 cm³/mol. The van der Waals surface area contributed by atoms with Gasteiger partial charge in [-0.2, -0.15) is 0 Å². The normalized spacial score (nSPS) is 10.0. The average molecular weight is 400 g/mol. The number of halogens is 4. The first-order valence-electron chi connectivity index (χ1n) is 7.16. The van der Waals surface area contributed by atoms with Gasteiger partial charge < -0.3 is 15.1 Å². The molecule has 1 heterocycles. The van der Waals surface area contributed by atoms with Crippen molar-refractivity contribution in [2.75, 3.05) is 19.6 Å². The Balaban J connectivity index is 0.00000242. The van der Waals surface area contributed by atoms with E-state index in [1.807, 2.05) is 24.3 Å². The SMILES string of the molecule is CCNCCCNCc1ccc(-c2ccc(Cl)cc2Cl)o1.Cl.Cl. The molecule has 0 aliphatic rings. The molecule has 2 rings (SSSR count). The minimum atomic E-state index is 0. The Hall–Kier alpha value is -0.420. The smallest absolute Gasteiger partial charge is 0.135 e. The minimum absolute atomic E-state index is 0. The number of nitrogens with one attached hydrogen (secondary N) is 2. The van der Waals surface area contributed by atoms with E-state index in [1.54, 1.807) is 6.07 Å². The molecule has 2 aromatic rings. The second kappa shape index (κ2) is 12.0. The summed E-state index contributed by atoms with van der Waals surface area (Å²) in [7, 11) is 0. The van der Waals surface area contributed by atoms with Crippen LogP contribution >= 0.6 is 48.0 Å². The van der Waals surface area contributed by atoms with Crippen LogP contribution in [0.4, 0.5) is 0 Å². The molecule has 0 aliphatic carbocycles. The van der Waals surface area contributed by atoms with Crippen molar-refractivity contribution in [2.45, 2.75) is 19.9 Å². The van der Waals surface area contributed by atoms with Gasteiger partial charge in [0.05, 0.1) is 11.6 Å². The fourth-order valence-electron chi connectivity index (χ4n) is 2.03. The standard InChI is InChI=1S/C16H20Cl2N2O.2ClH/c1-2-19-8-3-9-20-11-13-5-7-16(21-13)14-6-4-12(17)10-15(14)18;;/h4-7,10,19-20H,2-3,8-9,11H2,1H3;2*1H. The molecular weight excluding hydrogens is 378 g/mol. The van der Waals surface area contributed by atoms with Crippen LogP contribution in [0.15, 0.2) is 34.7 Å². The second-order valence-electron chi connectivity index (χ2n) is 4.77. The van der Waals surface area contributed by atoms with Gasteiger partial charge in [0.2, 0.25) is 0 Å². The monoisotopic (exact) mass is 398 g/mol. The van der Waals surface area contributed by atoms with Crippen LogP contribution in [0.1, 0.15) is 19.1 Å². The van der Waals surface area contributed by atoms with Gasteiger partial charge in [-0.1, -0.05) is 30.1 Å². The highest BCUT2D eigenvalue weighted by Crippen LogP contribution is 2.31. The average Bonchev–Trinajstić information content (AvgIpc) is 2.91. The third kappa shape index (κ3) is 7.34. The Morgan fingerprint density at radius 2 is 1.74 bits per heavy atom. The van der Waals surface area contributed by atoms with Crippen molar-refractivity contribution in [1.29, 1.82) is 0 Å². The van der Waals surface area contributed by atoms with Gasteiger partial charge in [0.25, 0.3) is 0 Å². The zero-order chi connectivity index (χ0) is 15.1. The van der Waals surface area contributed by atoms with E-state index in [2.05, 4.69) is 17.6 Å². The summed E-state index contributed by atoms with van der Waals surface area (Å²) in [6, 6.07) is 9.31. The van der Waals surface area contributed by atoms with Gasteiger partial charge in [-0.05, 0) is 56.4 Å². The Labute approximate surface area is 159 Å². The Morgan fingerprint density at radius 3 is 2.43 bits per heavy atom. The van der Waals surface area contributed by atoms with Crippen LogP contribution in [0.5, 0.6) is 0 Å². The molecule has 7 heteroatoms. The summed E-state index contributed by atoms with van der Waals surface area (Å²) in [6.07, 6.45) is 1.10. The molecule has 0 spiro atoms. The fraction of sp³-hybridized carbons (Fsp3) is 0.375. The van der Waals surface area contributed by atoms with E-state index in [0.717, 1.165) is 49.7 Å². The van der Waals surface area contributed by atoms with E-state index in [4.69, 9.17) is 27.6 Å². The topological polar surface area (TPSA) is 37.2 Å². The van der Waals surface area contributed by atoms with E-state index in [0.29, 0.717) is 10.0 Å². The van der Waals surface area contributed by atoms with E-state index in [9.17, 15) is 0 Å². The van der Waals surface area contributed by atoms with Crippen molar-refractivity contribution in [3.8, 4) is 11.3 Å². The maximum Gasteiger partial charge on any atom is 0.135 e. The molecule has 1 aromatic heterocycles. The Bertz CT molecular complexity index is 575. The number of benzene rings is 1. The zero-order valence-corrected chi connectivity index (χ0v) is 16.0. The van der Waals surface area contributed by atoms with Gasteiger partial charge >= 0.3 is 0 Å². The first-order valence-corrected chi connectivity index (χ1v) is 7.92. The van der Waals surface area contributed by atoms with Crippen molar-refractivity contribution in [2.24, 2.45) is 0 Å². The van der Waals surface area contributed by atoms with Crippen molar-refractivity contribution in [1.82, 2.24) is 10.6 Å². The highest BCUT2D eigenvalue weighted by atomic mass is 35.5. The molecule has 0 saturated carbocycles. The molecule has 0 fully saturated rings. The number of furan rings is 1. The van der Waals surface area contributed by atoms with E-state index < -0.39 is 0 Å². The maximum atomic E-state index is 6.18. The Morgan fingerprint density at radius 1 is 1.00 bits per heavy atom. The molecule has 0 bridgehead atoms. The summed E-state index contributed by atoms with van der Waals surface area (Å²) in [5.41, 5.74) is 0.861. The van der Waals surface area contributed by atoms with Crippen LogP contribution in [-0.2, 0) is 6.54 Å². The highest BCUT2D eigenvalue weighted by molar-refractivity contribution is 6.36. The molecule has 3 nitrogen and oxygen atoms in total. The van der Waals surface area contributed by atoms with Crippen molar-refractivity contribution in [3.05, 3.63) is 46.1 Å². The summed E-state index contributed by atoms with van der Waals surface area (Å²) in [5.74, 6) is 1.67. The minimum Gasteiger partial charge on any atom is -0.460 e. The molecule has 23 heavy (non-hydrogen) atoms. The number of hydrogen-bond donors (Lipinski definition) is 2. The maximum absolute atomic E-state index is 6.18. The molecule has 0 aliphatic heterocycles. The van der Waals surface area contributed by atoms with Crippen molar-refractivity contribution < 1.29 is 4.42 Å². The molecular formula is C16H22Cl4N2O. The largest absolute Gasteiger partial charge is 0.460 e. The van der Waals surface area contributed by atoms with E-state index in [-0.39, 0.29) is 24.8 Å². The summed E-state index contributed by atoms with van der Waals surface area (Å²) in [5, 5.41) is 7.88. The summed E-state index contributed by atoms with van der Waals surface area (Å²) in [4.78, 5) is 0. The lowest BCUT2D eigenvalue weighted by molar-refractivity contribution is 0.488. The van der Waals surface area contributed by atoms with Gasteiger partial charge in [-0.25, -0.2) is 0 Å². The summed E-state index contributed by atoms with van der Waals surface area (Å²) < 4.78 is 5.81. The highest BCUT2D eigenvalue weighted by Gasteiger charge is 2.09. The van der Waals surface area contributed by atoms with Gasteiger partial charge in [0, 0.05) is 10.6 Å². The van der Waals surface area contributed by atoms with Crippen LogP contribution in [-0.4, -0.2) is 19.6 Å². The van der Waals surface area contributed by atoms with Crippen LogP contribution in [0, 0.1) is 0 Å². The zero-order valence-electron chi connectivity index (χ0n) is 12.9. The summed E-state index contributed by atoms with van der Waals surface area (Å²) >= 11 is 12.1. The molecule has 130 valence electrons. The van der Waals surface area contributed by atoms with Crippen LogP contribution in [0.3, 0.4) is 0 Å². The lowest BCUT2D eigenvalue weighted by Crippen LogP contribution is -2.21. The quantitative estimate of drug-likeness (QED) is 0.600.